The van der Waals surface area contributed by atoms with Gasteiger partial charge in [0.1, 0.15) is 0 Å². The molecule has 0 amide bonds. The van der Waals surface area contributed by atoms with E-state index in [1.807, 2.05) is 18.3 Å². The molecule has 0 aliphatic heterocycles. The van der Waals surface area contributed by atoms with Gasteiger partial charge in [0, 0.05) is 62.0 Å². The Bertz CT molecular complexity index is 2770. The molecule has 4 aromatic heterocycles. The van der Waals surface area contributed by atoms with E-state index in [2.05, 4.69) is 170 Å². The highest BCUT2D eigenvalue weighted by Crippen LogP contribution is 2.44. The molecule has 4 heterocycles. The van der Waals surface area contributed by atoms with Crippen LogP contribution in [0.3, 0.4) is 0 Å². The summed E-state index contributed by atoms with van der Waals surface area (Å²) < 4.78 is 7.19. The Morgan fingerprint density at radius 3 is 1.94 bits per heavy atom. The van der Waals surface area contributed by atoms with Crippen LogP contribution in [-0.4, -0.2) is 18.7 Å². The number of hydrogen-bond acceptors (Lipinski definition) is 1. The lowest BCUT2D eigenvalue weighted by atomic mass is 10.1. The molecule has 0 radical (unpaired) electrons. The quantitative estimate of drug-likeness (QED) is 0.197. The van der Waals surface area contributed by atoms with Gasteiger partial charge in [0.05, 0.1) is 33.3 Å². The number of fused-ring (bicyclic) bond motifs is 9. The molecule has 6 aromatic carbocycles. The van der Waals surface area contributed by atoms with Gasteiger partial charge in [-0.3, -0.25) is 4.98 Å². The highest BCUT2D eigenvalue weighted by molar-refractivity contribution is 6.29. The average molecular weight is 601 g/mol. The zero-order valence-corrected chi connectivity index (χ0v) is 25.5. The zero-order chi connectivity index (χ0) is 30.9. The van der Waals surface area contributed by atoms with E-state index in [-0.39, 0.29) is 0 Å². The minimum Gasteiger partial charge on any atom is -0.316 e. The fraction of sp³-hybridized carbons (Fsp3) is 0. The van der Waals surface area contributed by atoms with Crippen LogP contribution < -0.4 is 0 Å². The van der Waals surface area contributed by atoms with Crippen molar-refractivity contribution in [2.75, 3.05) is 0 Å². The van der Waals surface area contributed by atoms with Crippen molar-refractivity contribution in [2.24, 2.45) is 0 Å². The van der Waals surface area contributed by atoms with E-state index < -0.39 is 0 Å². The van der Waals surface area contributed by atoms with E-state index in [0.717, 1.165) is 28.3 Å². The SMILES string of the molecule is c1ccc(-n2ccc3c2ccc2c4c(ccc5c6ccccc6n(-c6cccc(-c7ccccn7)c6)c54)n(-c4ccccc4)c23)cc1. The molecule has 10 aromatic rings. The molecule has 0 aliphatic rings. The normalized spacial score (nSPS) is 11.8. The number of pyridine rings is 1. The lowest BCUT2D eigenvalue weighted by Crippen LogP contribution is -1.96. The Morgan fingerprint density at radius 2 is 1.11 bits per heavy atom. The predicted molar refractivity (Wildman–Crippen MR) is 195 cm³/mol. The molecule has 4 heteroatoms. The first-order chi connectivity index (χ1) is 23.3. The highest BCUT2D eigenvalue weighted by Gasteiger charge is 2.23. The number of para-hydroxylation sites is 3. The number of rotatable bonds is 4. The number of aromatic nitrogens is 4. The summed E-state index contributed by atoms with van der Waals surface area (Å²) in [6.45, 7) is 0. The first-order valence-corrected chi connectivity index (χ1v) is 16.0. The van der Waals surface area contributed by atoms with Crippen LogP contribution in [0.2, 0.25) is 0 Å². The van der Waals surface area contributed by atoms with Gasteiger partial charge in [-0.1, -0.05) is 78.9 Å². The van der Waals surface area contributed by atoms with Crippen molar-refractivity contribution in [1.82, 2.24) is 18.7 Å². The first kappa shape index (κ1) is 25.9. The van der Waals surface area contributed by atoms with Gasteiger partial charge in [-0.05, 0) is 78.9 Å². The molecule has 0 spiro atoms. The minimum atomic E-state index is 0.964. The fourth-order valence-electron chi connectivity index (χ4n) is 7.53. The van der Waals surface area contributed by atoms with Crippen LogP contribution in [0, 0.1) is 0 Å². The maximum atomic E-state index is 4.66. The minimum absolute atomic E-state index is 0.964. The van der Waals surface area contributed by atoms with Gasteiger partial charge in [-0.2, -0.15) is 0 Å². The Morgan fingerprint density at radius 1 is 0.404 bits per heavy atom. The number of hydrogen-bond donors (Lipinski definition) is 0. The second-order valence-electron chi connectivity index (χ2n) is 12.1. The summed E-state index contributed by atoms with van der Waals surface area (Å²) in [6.07, 6.45) is 4.05. The molecule has 0 unspecified atom stereocenters. The van der Waals surface area contributed by atoms with Crippen LogP contribution in [0.15, 0.2) is 170 Å². The summed E-state index contributed by atoms with van der Waals surface area (Å²) in [6, 6.07) is 56.5. The molecule has 0 fully saturated rings. The molecule has 10 rings (SSSR count). The monoisotopic (exact) mass is 600 g/mol. The third-order valence-corrected chi connectivity index (χ3v) is 9.51. The van der Waals surface area contributed by atoms with Crippen molar-refractivity contribution >= 4 is 54.5 Å². The van der Waals surface area contributed by atoms with Crippen LogP contribution in [0.1, 0.15) is 0 Å². The lowest BCUT2D eigenvalue weighted by molar-refractivity contribution is 1.13. The number of benzene rings is 6. The molecule has 4 nitrogen and oxygen atoms in total. The summed E-state index contributed by atoms with van der Waals surface area (Å²) in [7, 11) is 0. The van der Waals surface area contributed by atoms with Gasteiger partial charge in [0.15, 0.2) is 0 Å². The van der Waals surface area contributed by atoms with Gasteiger partial charge in [0.2, 0.25) is 0 Å². The summed E-state index contributed by atoms with van der Waals surface area (Å²) in [4.78, 5) is 4.66. The van der Waals surface area contributed by atoms with Gasteiger partial charge >= 0.3 is 0 Å². The van der Waals surface area contributed by atoms with Gasteiger partial charge < -0.3 is 13.7 Å². The summed E-state index contributed by atoms with van der Waals surface area (Å²) in [5.74, 6) is 0. The van der Waals surface area contributed by atoms with Crippen molar-refractivity contribution in [1.29, 1.82) is 0 Å². The molecule has 0 aliphatic carbocycles. The molecule has 0 saturated heterocycles. The Kier molecular flexibility index (Phi) is 5.54. The summed E-state index contributed by atoms with van der Waals surface area (Å²) in [5.41, 5.74) is 11.4. The van der Waals surface area contributed by atoms with E-state index in [4.69, 9.17) is 0 Å². The Labute approximate surface area is 271 Å². The van der Waals surface area contributed by atoms with E-state index in [1.54, 1.807) is 0 Å². The molecular weight excluding hydrogens is 573 g/mol. The van der Waals surface area contributed by atoms with E-state index >= 15 is 0 Å². The Hall–Kier alpha value is -6.39. The molecule has 220 valence electrons. The van der Waals surface area contributed by atoms with Crippen LogP contribution in [0.4, 0.5) is 0 Å². The molecule has 47 heavy (non-hydrogen) atoms. The van der Waals surface area contributed by atoms with Gasteiger partial charge in [0.25, 0.3) is 0 Å². The molecular formula is C43H28N4. The van der Waals surface area contributed by atoms with Crippen molar-refractivity contribution < 1.29 is 0 Å². The molecule has 0 saturated carbocycles. The molecule has 0 bridgehead atoms. The van der Waals surface area contributed by atoms with Gasteiger partial charge in [-0.25, -0.2) is 0 Å². The van der Waals surface area contributed by atoms with Crippen LogP contribution in [0.5, 0.6) is 0 Å². The van der Waals surface area contributed by atoms with Crippen LogP contribution >= 0.6 is 0 Å². The van der Waals surface area contributed by atoms with Crippen molar-refractivity contribution in [3.63, 3.8) is 0 Å². The lowest BCUT2D eigenvalue weighted by Gasteiger charge is -2.11. The largest absolute Gasteiger partial charge is 0.316 e. The van der Waals surface area contributed by atoms with Crippen molar-refractivity contribution in [3.8, 4) is 28.3 Å². The first-order valence-electron chi connectivity index (χ1n) is 16.0. The average Bonchev–Trinajstić information content (AvgIpc) is 3.83. The molecule has 0 atom stereocenters. The second-order valence-corrected chi connectivity index (χ2v) is 12.1. The standard InChI is InChI=1S/C43H28N4/c1-3-13-30(14-4-1)45-27-25-35-38(45)23-22-36-41-40(46(42(35)36)31-15-5-2-6-16-31)24-21-34-33-18-7-8-20-39(33)47(43(34)41)32-17-11-12-29(28-32)37-19-9-10-26-44-37/h1-28H. The predicted octanol–water partition coefficient (Wildman–Crippen LogP) is 10.9. The summed E-state index contributed by atoms with van der Waals surface area (Å²) in [5, 5.41) is 6.18. The van der Waals surface area contributed by atoms with Gasteiger partial charge in [-0.15, -0.1) is 0 Å². The van der Waals surface area contributed by atoms with Crippen LogP contribution in [-0.2, 0) is 0 Å². The third-order valence-electron chi connectivity index (χ3n) is 9.51. The van der Waals surface area contributed by atoms with Crippen molar-refractivity contribution in [3.05, 3.63) is 170 Å². The smallest absolute Gasteiger partial charge is 0.0702 e. The van der Waals surface area contributed by atoms with E-state index in [1.165, 1.54) is 54.5 Å². The number of nitrogens with zero attached hydrogens (tertiary/aromatic N) is 4. The third kappa shape index (κ3) is 3.79. The maximum Gasteiger partial charge on any atom is 0.0702 e. The molecule has 0 N–H and O–H groups in total. The maximum absolute atomic E-state index is 4.66. The second kappa shape index (κ2) is 10.1. The topological polar surface area (TPSA) is 27.7 Å². The zero-order valence-electron chi connectivity index (χ0n) is 25.5. The highest BCUT2D eigenvalue weighted by atomic mass is 15.0. The summed E-state index contributed by atoms with van der Waals surface area (Å²) >= 11 is 0. The van der Waals surface area contributed by atoms with E-state index in [9.17, 15) is 0 Å². The van der Waals surface area contributed by atoms with Crippen LogP contribution in [0.25, 0.3) is 82.8 Å². The fourth-order valence-corrected chi connectivity index (χ4v) is 7.53. The Balaban J connectivity index is 1.37. The van der Waals surface area contributed by atoms with E-state index in [0.29, 0.717) is 0 Å². The van der Waals surface area contributed by atoms with Crippen molar-refractivity contribution in [2.45, 2.75) is 0 Å².